The molecule has 110 valence electrons. The molecule has 0 radical (unpaired) electrons. The Bertz CT molecular complexity index is 476. The van der Waals surface area contributed by atoms with Gasteiger partial charge in [-0.3, -0.25) is 4.90 Å². The number of halogens is 1. The van der Waals surface area contributed by atoms with Gasteiger partial charge in [0.1, 0.15) is 0 Å². The summed E-state index contributed by atoms with van der Waals surface area (Å²) in [6.45, 7) is 5.49. The Labute approximate surface area is 128 Å². The van der Waals surface area contributed by atoms with Gasteiger partial charge >= 0.3 is 5.97 Å². The molecule has 1 fully saturated rings. The van der Waals surface area contributed by atoms with Crippen molar-refractivity contribution in [2.75, 3.05) is 45.5 Å². The first kappa shape index (κ1) is 15.6. The third-order valence-electron chi connectivity index (χ3n) is 3.44. The van der Waals surface area contributed by atoms with E-state index < -0.39 is 5.97 Å². The van der Waals surface area contributed by atoms with Crippen LogP contribution in [0.3, 0.4) is 0 Å². The number of carbonyl (C=O) groups is 1. The maximum atomic E-state index is 11.0. The molecule has 1 aliphatic rings. The molecule has 1 aliphatic heterocycles. The van der Waals surface area contributed by atoms with E-state index in [0.29, 0.717) is 5.02 Å². The lowest BCUT2D eigenvalue weighted by atomic mass is 10.2. The zero-order valence-corrected chi connectivity index (χ0v) is 13.1. The molecule has 1 aromatic rings. The van der Waals surface area contributed by atoms with Crippen molar-refractivity contribution in [2.24, 2.45) is 0 Å². The van der Waals surface area contributed by atoms with Crippen LogP contribution in [-0.2, 0) is 0 Å². The predicted octanol–water partition coefficient (Wildman–Crippen LogP) is 2.38. The number of carboxylic acid groups (broad SMARTS) is 1. The Morgan fingerprint density at radius 2 is 2.05 bits per heavy atom. The summed E-state index contributed by atoms with van der Waals surface area (Å²) in [6.07, 6.45) is 0. The summed E-state index contributed by atoms with van der Waals surface area (Å²) in [7, 11) is 2.15. The lowest BCUT2D eigenvalue weighted by Gasteiger charge is -2.32. The number of benzene rings is 1. The number of carboxylic acids is 1. The Morgan fingerprint density at radius 3 is 2.70 bits per heavy atom. The van der Waals surface area contributed by atoms with E-state index in [1.54, 1.807) is 23.9 Å². The summed E-state index contributed by atoms with van der Waals surface area (Å²) in [6, 6.07) is 5.19. The number of aromatic carboxylic acids is 1. The van der Waals surface area contributed by atoms with Crippen molar-refractivity contribution in [1.29, 1.82) is 0 Å². The topological polar surface area (TPSA) is 43.8 Å². The Hall–Kier alpha value is -0.750. The highest BCUT2D eigenvalue weighted by Gasteiger charge is 2.13. The summed E-state index contributed by atoms with van der Waals surface area (Å²) in [5.41, 5.74) is 0.177. The van der Waals surface area contributed by atoms with Gasteiger partial charge in [-0.25, -0.2) is 4.79 Å². The minimum absolute atomic E-state index is 0.177. The number of rotatable bonds is 5. The van der Waals surface area contributed by atoms with E-state index in [1.807, 2.05) is 6.07 Å². The molecule has 0 aliphatic carbocycles. The number of nitrogens with zero attached hydrogens (tertiary/aromatic N) is 2. The zero-order valence-electron chi connectivity index (χ0n) is 11.5. The molecule has 1 saturated heterocycles. The largest absolute Gasteiger partial charge is 0.478 e. The highest BCUT2D eigenvalue weighted by Crippen LogP contribution is 2.24. The number of piperazine rings is 1. The van der Waals surface area contributed by atoms with Crippen LogP contribution in [-0.4, -0.2) is 66.4 Å². The summed E-state index contributed by atoms with van der Waals surface area (Å²) < 4.78 is 0. The Balaban J connectivity index is 1.82. The van der Waals surface area contributed by atoms with Gasteiger partial charge in [0.05, 0.1) is 10.6 Å². The first-order chi connectivity index (χ1) is 9.56. The van der Waals surface area contributed by atoms with Crippen LogP contribution in [0.25, 0.3) is 0 Å². The maximum absolute atomic E-state index is 11.0. The van der Waals surface area contributed by atoms with Gasteiger partial charge in [0.25, 0.3) is 0 Å². The van der Waals surface area contributed by atoms with Crippen molar-refractivity contribution in [3.8, 4) is 0 Å². The molecule has 1 aromatic carbocycles. The average Bonchev–Trinajstić information content (AvgIpc) is 2.42. The Morgan fingerprint density at radius 1 is 1.35 bits per heavy atom. The maximum Gasteiger partial charge on any atom is 0.337 e. The quantitative estimate of drug-likeness (QED) is 0.845. The number of hydrogen-bond donors (Lipinski definition) is 1. The molecule has 2 rings (SSSR count). The molecular formula is C14H19ClN2O2S. The standard InChI is InChI=1S/C14H19ClN2O2S/c1-16-4-6-17(7-5-16)8-9-20-11-2-3-13(15)12(10-11)14(18)19/h2-3,10H,4-9H2,1H3,(H,18,19). The molecule has 0 spiro atoms. The van der Waals surface area contributed by atoms with E-state index in [2.05, 4.69) is 16.8 Å². The van der Waals surface area contributed by atoms with Crippen LogP contribution < -0.4 is 0 Å². The van der Waals surface area contributed by atoms with Crippen molar-refractivity contribution < 1.29 is 9.90 Å². The highest BCUT2D eigenvalue weighted by atomic mass is 35.5. The molecule has 0 bridgehead atoms. The minimum atomic E-state index is -0.975. The summed E-state index contributed by atoms with van der Waals surface area (Å²) in [4.78, 5) is 16.8. The second kappa shape index (κ2) is 7.31. The molecule has 1 heterocycles. The van der Waals surface area contributed by atoms with Crippen LogP contribution >= 0.6 is 23.4 Å². The van der Waals surface area contributed by atoms with Crippen molar-refractivity contribution in [3.05, 3.63) is 28.8 Å². The van der Waals surface area contributed by atoms with E-state index in [0.717, 1.165) is 43.4 Å². The van der Waals surface area contributed by atoms with E-state index in [9.17, 15) is 4.79 Å². The lowest BCUT2D eigenvalue weighted by molar-refractivity contribution is 0.0697. The molecular weight excluding hydrogens is 296 g/mol. The van der Waals surface area contributed by atoms with Crippen molar-refractivity contribution in [3.63, 3.8) is 0 Å². The van der Waals surface area contributed by atoms with Gasteiger partial charge < -0.3 is 10.0 Å². The van der Waals surface area contributed by atoms with Crippen LogP contribution in [0.15, 0.2) is 23.1 Å². The van der Waals surface area contributed by atoms with Crippen LogP contribution in [0.1, 0.15) is 10.4 Å². The second-order valence-electron chi connectivity index (χ2n) is 4.94. The minimum Gasteiger partial charge on any atom is -0.478 e. The van der Waals surface area contributed by atoms with Gasteiger partial charge in [-0.1, -0.05) is 11.6 Å². The molecule has 20 heavy (non-hydrogen) atoms. The fourth-order valence-electron chi connectivity index (χ4n) is 2.12. The normalized spacial score (nSPS) is 17.3. The lowest BCUT2D eigenvalue weighted by Crippen LogP contribution is -2.45. The number of thioether (sulfide) groups is 1. The zero-order chi connectivity index (χ0) is 14.5. The fraction of sp³-hybridized carbons (Fsp3) is 0.500. The van der Waals surface area contributed by atoms with Crippen LogP contribution in [0.5, 0.6) is 0 Å². The molecule has 4 nitrogen and oxygen atoms in total. The first-order valence-corrected chi connectivity index (χ1v) is 7.99. The third kappa shape index (κ3) is 4.38. The molecule has 0 unspecified atom stereocenters. The van der Waals surface area contributed by atoms with Crippen LogP contribution in [0.2, 0.25) is 5.02 Å². The summed E-state index contributed by atoms with van der Waals surface area (Å²) >= 11 is 7.54. The van der Waals surface area contributed by atoms with Crippen molar-refractivity contribution in [2.45, 2.75) is 4.90 Å². The first-order valence-electron chi connectivity index (χ1n) is 6.63. The van der Waals surface area contributed by atoms with E-state index in [4.69, 9.17) is 16.7 Å². The predicted molar refractivity (Wildman–Crippen MR) is 83.1 cm³/mol. The van der Waals surface area contributed by atoms with E-state index >= 15 is 0 Å². The molecule has 0 amide bonds. The summed E-state index contributed by atoms with van der Waals surface area (Å²) in [5.74, 6) is -0.0127. The van der Waals surface area contributed by atoms with Crippen molar-refractivity contribution in [1.82, 2.24) is 9.80 Å². The smallest absolute Gasteiger partial charge is 0.337 e. The van der Waals surface area contributed by atoms with E-state index in [1.165, 1.54) is 0 Å². The van der Waals surface area contributed by atoms with Crippen LogP contribution in [0.4, 0.5) is 0 Å². The van der Waals surface area contributed by atoms with E-state index in [-0.39, 0.29) is 5.56 Å². The van der Waals surface area contributed by atoms with Gasteiger partial charge in [0.2, 0.25) is 0 Å². The molecule has 0 atom stereocenters. The molecule has 0 saturated carbocycles. The number of likely N-dealkylation sites (N-methyl/N-ethyl adjacent to an activating group) is 1. The monoisotopic (exact) mass is 314 g/mol. The van der Waals surface area contributed by atoms with Gasteiger partial charge in [-0.2, -0.15) is 0 Å². The summed E-state index contributed by atoms with van der Waals surface area (Å²) in [5, 5.41) is 9.33. The fourth-order valence-corrected chi connectivity index (χ4v) is 3.27. The molecule has 0 aromatic heterocycles. The SMILES string of the molecule is CN1CCN(CCSc2ccc(Cl)c(C(=O)O)c2)CC1. The third-order valence-corrected chi connectivity index (χ3v) is 4.74. The van der Waals surface area contributed by atoms with Gasteiger partial charge in [0.15, 0.2) is 0 Å². The highest BCUT2D eigenvalue weighted by molar-refractivity contribution is 7.99. The van der Waals surface area contributed by atoms with Gasteiger partial charge in [0, 0.05) is 43.4 Å². The average molecular weight is 315 g/mol. The second-order valence-corrected chi connectivity index (χ2v) is 6.52. The van der Waals surface area contributed by atoms with Crippen LogP contribution in [0, 0.1) is 0 Å². The molecule has 6 heteroatoms. The van der Waals surface area contributed by atoms with Gasteiger partial charge in [-0.15, -0.1) is 11.8 Å². The number of hydrogen-bond acceptors (Lipinski definition) is 4. The Kier molecular flexibility index (Phi) is 5.72. The van der Waals surface area contributed by atoms with Crippen molar-refractivity contribution >= 4 is 29.3 Å². The van der Waals surface area contributed by atoms with Gasteiger partial charge in [-0.05, 0) is 25.2 Å². The molecule has 1 N–H and O–H groups in total.